The van der Waals surface area contributed by atoms with E-state index in [1.54, 1.807) is 0 Å². The van der Waals surface area contributed by atoms with Crippen molar-refractivity contribution in [2.45, 2.75) is 0 Å². The van der Waals surface area contributed by atoms with Crippen molar-refractivity contribution < 1.29 is 0 Å². The summed E-state index contributed by atoms with van der Waals surface area (Å²) in [5.74, 6) is 0. The summed E-state index contributed by atoms with van der Waals surface area (Å²) in [6.07, 6.45) is 0. The Morgan fingerprint density at radius 3 is 1.85 bits per heavy atom. The maximum absolute atomic E-state index is 2.37. The van der Waals surface area contributed by atoms with Gasteiger partial charge in [-0.15, -0.1) is 11.3 Å². The SMILES string of the molecule is c1cc(-c2ccc(-c3cc4c5c(cccc5c3)-c3ccccc3-4)cc2)cc(-c2cccc3c2sc2ccccc23)c1. The smallest absolute Gasteiger partial charge is 0.0433 e. The van der Waals surface area contributed by atoms with Crippen LogP contribution >= 0.6 is 11.3 Å². The van der Waals surface area contributed by atoms with Crippen LogP contribution in [0, 0.1) is 0 Å². The molecule has 1 aliphatic carbocycles. The normalized spacial score (nSPS) is 11.9. The van der Waals surface area contributed by atoms with E-state index in [1.165, 1.54) is 86.6 Å². The van der Waals surface area contributed by atoms with Gasteiger partial charge < -0.3 is 0 Å². The van der Waals surface area contributed by atoms with Gasteiger partial charge in [0.25, 0.3) is 0 Å². The topological polar surface area (TPSA) is 0 Å². The molecule has 0 radical (unpaired) electrons. The zero-order chi connectivity index (χ0) is 26.9. The van der Waals surface area contributed by atoms with Gasteiger partial charge in [-0.3, -0.25) is 0 Å². The summed E-state index contributed by atoms with van der Waals surface area (Å²) >= 11 is 1.89. The van der Waals surface area contributed by atoms with Crippen LogP contribution in [0.5, 0.6) is 0 Å². The third-order valence-corrected chi connectivity index (χ3v) is 9.83. The van der Waals surface area contributed by atoms with Crippen molar-refractivity contribution in [1.82, 2.24) is 0 Å². The highest BCUT2D eigenvalue weighted by molar-refractivity contribution is 7.26. The lowest BCUT2D eigenvalue weighted by atomic mass is 9.94. The molecule has 190 valence electrons. The van der Waals surface area contributed by atoms with E-state index in [4.69, 9.17) is 0 Å². The standard InChI is InChI=1S/C40H24S/c1-2-12-33-32(11-1)35-15-6-10-29-23-30(24-37(33)39(29)35)26-20-18-25(19-21-26)27-8-5-9-28(22-27)31-14-7-16-36-34-13-3-4-17-38(34)41-40(31)36/h1-24H. The zero-order valence-corrected chi connectivity index (χ0v) is 23.1. The average Bonchev–Trinajstić information content (AvgIpc) is 3.58. The van der Waals surface area contributed by atoms with Crippen LogP contribution in [0.1, 0.15) is 0 Å². The van der Waals surface area contributed by atoms with Gasteiger partial charge in [0.05, 0.1) is 0 Å². The molecular weight excluding hydrogens is 513 g/mol. The summed E-state index contributed by atoms with van der Waals surface area (Å²) in [6.45, 7) is 0. The number of rotatable bonds is 3. The van der Waals surface area contributed by atoms with E-state index in [-0.39, 0.29) is 0 Å². The van der Waals surface area contributed by atoms with Gasteiger partial charge in [-0.05, 0) is 90.7 Å². The van der Waals surface area contributed by atoms with Crippen LogP contribution in [0.4, 0.5) is 0 Å². The highest BCUT2D eigenvalue weighted by Crippen LogP contribution is 2.48. The largest absolute Gasteiger partial charge is 0.135 e. The van der Waals surface area contributed by atoms with Crippen molar-refractivity contribution in [2.75, 3.05) is 0 Å². The molecule has 0 aliphatic heterocycles. The van der Waals surface area contributed by atoms with Crippen LogP contribution in [0.15, 0.2) is 146 Å². The van der Waals surface area contributed by atoms with Gasteiger partial charge in [-0.1, -0.05) is 121 Å². The molecule has 0 unspecified atom stereocenters. The Hall–Kier alpha value is -4.98. The van der Waals surface area contributed by atoms with Crippen LogP contribution in [0.2, 0.25) is 0 Å². The minimum absolute atomic E-state index is 1.23. The Bertz CT molecular complexity index is 2300. The number of thiophene rings is 1. The average molecular weight is 537 g/mol. The Kier molecular flexibility index (Phi) is 4.87. The molecule has 1 aromatic heterocycles. The summed E-state index contributed by atoms with van der Waals surface area (Å²) in [5, 5.41) is 5.36. The lowest BCUT2D eigenvalue weighted by Crippen LogP contribution is -1.84. The molecule has 0 spiro atoms. The molecule has 0 amide bonds. The molecule has 0 bridgehead atoms. The van der Waals surface area contributed by atoms with Crippen molar-refractivity contribution in [1.29, 1.82) is 0 Å². The molecule has 8 aromatic rings. The molecular formula is C40H24S. The molecule has 0 nitrogen and oxygen atoms in total. The predicted octanol–water partition coefficient (Wildman–Crippen LogP) is 11.9. The molecule has 1 aliphatic rings. The molecule has 41 heavy (non-hydrogen) atoms. The second-order valence-electron chi connectivity index (χ2n) is 10.9. The third kappa shape index (κ3) is 3.46. The van der Waals surface area contributed by atoms with E-state index in [1.807, 2.05) is 11.3 Å². The molecule has 0 saturated carbocycles. The number of hydrogen-bond donors (Lipinski definition) is 0. The van der Waals surface area contributed by atoms with Gasteiger partial charge in [0.1, 0.15) is 0 Å². The van der Waals surface area contributed by atoms with E-state index >= 15 is 0 Å². The molecule has 9 rings (SSSR count). The van der Waals surface area contributed by atoms with E-state index in [0.717, 1.165) is 0 Å². The first kappa shape index (κ1) is 22.8. The minimum Gasteiger partial charge on any atom is -0.135 e. The monoisotopic (exact) mass is 536 g/mol. The van der Waals surface area contributed by atoms with Gasteiger partial charge in [0.2, 0.25) is 0 Å². The van der Waals surface area contributed by atoms with Crippen molar-refractivity contribution in [3.63, 3.8) is 0 Å². The molecule has 0 saturated heterocycles. The maximum atomic E-state index is 2.37. The van der Waals surface area contributed by atoms with Crippen LogP contribution in [-0.2, 0) is 0 Å². The summed E-state index contributed by atoms with van der Waals surface area (Å²) < 4.78 is 2.70. The quantitative estimate of drug-likeness (QED) is 0.211. The lowest BCUT2D eigenvalue weighted by molar-refractivity contribution is 1.59. The van der Waals surface area contributed by atoms with Gasteiger partial charge in [0.15, 0.2) is 0 Å². The molecule has 1 heteroatoms. The highest BCUT2D eigenvalue weighted by atomic mass is 32.1. The molecule has 0 N–H and O–H groups in total. The first-order chi connectivity index (χ1) is 20.3. The van der Waals surface area contributed by atoms with Crippen LogP contribution in [0.3, 0.4) is 0 Å². The lowest BCUT2D eigenvalue weighted by Gasteiger charge is -2.10. The Balaban J connectivity index is 1.11. The van der Waals surface area contributed by atoms with Gasteiger partial charge in [0, 0.05) is 20.2 Å². The Labute approximate surface area is 242 Å². The second kappa shape index (κ2) is 8.76. The number of fused-ring (bicyclic) bond motifs is 6. The summed E-state index contributed by atoms with van der Waals surface area (Å²) in [5.41, 5.74) is 12.9. The fourth-order valence-electron chi connectivity index (χ4n) is 6.68. The second-order valence-corrected chi connectivity index (χ2v) is 12.0. The fourth-order valence-corrected chi connectivity index (χ4v) is 7.92. The maximum Gasteiger partial charge on any atom is 0.0433 e. The first-order valence-electron chi connectivity index (χ1n) is 14.1. The van der Waals surface area contributed by atoms with E-state index < -0.39 is 0 Å². The van der Waals surface area contributed by atoms with Gasteiger partial charge >= 0.3 is 0 Å². The van der Waals surface area contributed by atoms with Crippen molar-refractivity contribution >= 4 is 42.3 Å². The zero-order valence-electron chi connectivity index (χ0n) is 22.3. The predicted molar refractivity (Wildman–Crippen MR) is 178 cm³/mol. The number of benzene rings is 7. The highest BCUT2D eigenvalue weighted by Gasteiger charge is 2.21. The summed E-state index contributed by atoms with van der Waals surface area (Å²) in [4.78, 5) is 0. The van der Waals surface area contributed by atoms with Crippen LogP contribution in [-0.4, -0.2) is 0 Å². The van der Waals surface area contributed by atoms with E-state index in [9.17, 15) is 0 Å². The van der Waals surface area contributed by atoms with Crippen LogP contribution in [0.25, 0.3) is 86.6 Å². The van der Waals surface area contributed by atoms with E-state index in [0.29, 0.717) is 0 Å². The van der Waals surface area contributed by atoms with Gasteiger partial charge in [-0.2, -0.15) is 0 Å². The molecule has 7 aromatic carbocycles. The molecule has 0 fully saturated rings. The van der Waals surface area contributed by atoms with Crippen molar-refractivity contribution in [2.24, 2.45) is 0 Å². The summed E-state index contributed by atoms with van der Waals surface area (Å²) in [6, 6.07) is 53.6. The molecule has 1 heterocycles. The Morgan fingerprint density at radius 2 is 0.976 bits per heavy atom. The van der Waals surface area contributed by atoms with Crippen molar-refractivity contribution in [3.8, 4) is 55.6 Å². The fraction of sp³-hybridized carbons (Fsp3) is 0. The first-order valence-corrected chi connectivity index (χ1v) is 14.9. The summed E-state index contributed by atoms with van der Waals surface area (Å²) in [7, 11) is 0. The molecule has 0 atom stereocenters. The Morgan fingerprint density at radius 1 is 0.341 bits per heavy atom. The number of hydrogen-bond acceptors (Lipinski definition) is 1. The minimum atomic E-state index is 1.23. The van der Waals surface area contributed by atoms with E-state index in [2.05, 4.69) is 146 Å². The van der Waals surface area contributed by atoms with Gasteiger partial charge in [-0.25, -0.2) is 0 Å². The van der Waals surface area contributed by atoms with Crippen LogP contribution < -0.4 is 0 Å². The third-order valence-electron chi connectivity index (χ3n) is 8.61. The van der Waals surface area contributed by atoms with Crippen molar-refractivity contribution in [3.05, 3.63) is 146 Å².